The van der Waals surface area contributed by atoms with Gasteiger partial charge in [-0.25, -0.2) is 18.0 Å². The fourth-order valence-electron chi connectivity index (χ4n) is 3.95. The number of amides is 1. The fraction of sp³-hybridized carbons (Fsp3) is 0.364. The van der Waals surface area contributed by atoms with Crippen LogP contribution >= 0.6 is 0 Å². The van der Waals surface area contributed by atoms with E-state index in [1.165, 1.54) is 12.1 Å². The summed E-state index contributed by atoms with van der Waals surface area (Å²) in [5.41, 5.74) is -0.643. The number of nitrogens with zero attached hydrogens (tertiary/aromatic N) is 2. The van der Waals surface area contributed by atoms with E-state index in [1.807, 2.05) is 10.2 Å². The Morgan fingerprint density at radius 2 is 1.79 bits per heavy atom. The number of halogens is 3. The first-order valence-corrected chi connectivity index (χ1v) is 10.2. The molecule has 1 heterocycles. The Morgan fingerprint density at radius 1 is 1.12 bits per heavy atom. The van der Waals surface area contributed by atoms with Crippen LogP contribution in [0.3, 0.4) is 0 Å². The maximum atomic E-state index is 13.6. The van der Waals surface area contributed by atoms with Crippen LogP contribution in [0.25, 0.3) is 0 Å². The van der Waals surface area contributed by atoms with Crippen molar-refractivity contribution in [3.05, 3.63) is 63.5 Å². The quantitative estimate of drug-likeness (QED) is 0.296. The number of rotatable bonds is 6. The summed E-state index contributed by atoms with van der Waals surface area (Å²) in [5, 5.41) is 13.6. The van der Waals surface area contributed by atoms with Gasteiger partial charge in [0.05, 0.1) is 16.2 Å². The van der Waals surface area contributed by atoms with Gasteiger partial charge in [-0.05, 0) is 42.5 Å². The van der Waals surface area contributed by atoms with Crippen LogP contribution in [0, 0.1) is 39.4 Å². The highest BCUT2D eigenvalue weighted by Crippen LogP contribution is 2.34. The molecule has 2 aromatic carbocycles. The van der Waals surface area contributed by atoms with Crippen molar-refractivity contribution in [2.75, 3.05) is 29.9 Å². The van der Waals surface area contributed by atoms with Crippen molar-refractivity contribution >= 4 is 28.9 Å². The van der Waals surface area contributed by atoms with Gasteiger partial charge in [-0.1, -0.05) is 13.8 Å². The molecule has 2 atom stereocenters. The summed E-state index contributed by atoms with van der Waals surface area (Å²) in [6, 6.07) is 5.36. The highest BCUT2D eigenvalue weighted by Gasteiger charge is 2.28. The molecule has 11 heteroatoms. The standard InChI is InChI=1S/C22H22F3N3O5/c1-12-7-13(2)10-27(9-12)17-6-3-14(8-18(17)28(31)32)22(30)33-11-19(29)26-16-5-4-15(23)20(24)21(16)25/h3-6,8,12-13H,7,9-11H2,1-2H3,(H,26,29)/t12-,13-/m1/s1. The van der Waals surface area contributed by atoms with E-state index in [2.05, 4.69) is 13.8 Å². The number of carbonyl (C=O) groups excluding carboxylic acids is 2. The molecule has 1 N–H and O–H groups in total. The summed E-state index contributed by atoms with van der Waals surface area (Å²) < 4.78 is 44.7. The van der Waals surface area contributed by atoms with E-state index in [1.54, 1.807) is 0 Å². The number of nitro groups is 1. The lowest BCUT2D eigenvalue weighted by Crippen LogP contribution is -2.39. The van der Waals surface area contributed by atoms with E-state index >= 15 is 0 Å². The van der Waals surface area contributed by atoms with Gasteiger partial charge in [-0.3, -0.25) is 14.9 Å². The van der Waals surface area contributed by atoms with Crippen molar-refractivity contribution in [3.63, 3.8) is 0 Å². The summed E-state index contributed by atoms with van der Waals surface area (Å²) in [5.74, 6) is -6.07. The molecule has 1 aliphatic rings. The molecule has 1 amide bonds. The lowest BCUT2D eigenvalue weighted by atomic mass is 9.91. The van der Waals surface area contributed by atoms with E-state index < -0.39 is 46.5 Å². The van der Waals surface area contributed by atoms with Crippen molar-refractivity contribution in [2.45, 2.75) is 20.3 Å². The predicted octanol–water partition coefficient (Wildman–Crippen LogP) is 4.29. The van der Waals surface area contributed by atoms with Crippen LogP contribution in [0.15, 0.2) is 30.3 Å². The third-order valence-corrected chi connectivity index (χ3v) is 5.26. The molecule has 176 valence electrons. The van der Waals surface area contributed by atoms with Gasteiger partial charge in [0, 0.05) is 19.2 Å². The van der Waals surface area contributed by atoms with Crippen molar-refractivity contribution in [2.24, 2.45) is 11.8 Å². The van der Waals surface area contributed by atoms with Crippen molar-refractivity contribution in [1.29, 1.82) is 0 Å². The van der Waals surface area contributed by atoms with Gasteiger partial charge < -0.3 is 15.0 Å². The normalized spacial score (nSPS) is 18.0. The smallest absolute Gasteiger partial charge is 0.338 e. The monoisotopic (exact) mass is 465 g/mol. The molecular weight excluding hydrogens is 443 g/mol. The Bertz CT molecular complexity index is 1090. The van der Waals surface area contributed by atoms with Crippen LogP contribution in [-0.2, 0) is 9.53 Å². The predicted molar refractivity (Wildman–Crippen MR) is 113 cm³/mol. The summed E-state index contributed by atoms with van der Waals surface area (Å²) in [4.78, 5) is 37.2. The maximum Gasteiger partial charge on any atom is 0.338 e. The SMILES string of the molecule is C[C@@H]1C[C@@H](C)CN(c2ccc(C(=O)OCC(=O)Nc3ccc(F)c(F)c3F)cc2[N+](=O)[O-])C1. The molecule has 0 radical (unpaired) electrons. The number of benzene rings is 2. The second-order valence-corrected chi connectivity index (χ2v) is 8.16. The van der Waals surface area contributed by atoms with Gasteiger partial charge >= 0.3 is 5.97 Å². The first-order chi connectivity index (χ1) is 15.6. The number of nitro benzene ring substituents is 1. The zero-order valence-electron chi connectivity index (χ0n) is 17.9. The Hall–Kier alpha value is -3.63. The lowest BCUT2D eigenvalue weighted by Gasteiger charge is -2.36. The topological polar surface area (TPSA) is 102 Å². The van der Waals surface area contributed by atoms with Gasteiger partial charge in [0.15, 0.2) is 24.1 Å². The molecule has 3 rings (SSSR count). The average molecular weight is 465 g/mol. The van der Waals surface area contributed by atoms with Gasteiger partial charge in [0.2, 0.25) is 0 Å². The molecule has 2 aromatic rings. The van der Waals surface area contributed by atoms with Crippen LogP contribution in [0.2, 0.25) is 0 Å². The Balaban J connectivity index is 1.68. The lowest BCUT2D eigenvalue weighted by molar-refractivity contribution is -0.384. The molecule has 0 unspecified atom stereocenters. The number of anilines is 2. The molecule has 33 heavy (non-hydrogen) atoms. The molecule has 0 bridgehead atoms. The number of nitrogens with one attached hydrogen (secondary N) is 1. The largest absolute Gasteiger partial charge is 0.452 e. The number of hydrogen-bond donors (Lipinski definition) is 1. The van der Waals surface area contributed by atoms with Crippen molar-refractivity contribution in [1.82, 2.24) is 0 Å². The zero-order chi connectivity index (χ0) is 24.3. The zero-order valence-corrected chi connectivity index (χ0v) is 17.9. The second kappa shape index (κ2) is 9.88. The van der Waals surface area contributed by atoms with Crippen LogP contribution in [-0.4, -0.2) is 36.5 Å². The molecule has 1 saturated heterocycles. The van der Waals surface area contributed by atoms with Gasteiger partial charge in [0.1, 0.15) is 5.69 Å². The van der Waals surface area contributed by atoms with Crippen molar-refractivity contribution < 1.29 is 32.4 Å². The number of hydrogen-bond acceptors (Lipinski definition) is 6. The minimum absolute atomic E-state index is 0.143. The molecule has 0 saturated carbocycles. The molecule has 1 fully saturated rings. The highest BCUT2D eigenvalue weighted by molar-refractivity contribution is 5.96. The Morgan fingerprint density at radius 3 is 2.42 bits per heavy atom. The minimum atomic E-state index is -1.75. The van der Waals surface area contributed by atoms with Crippen LogP contribution in [0.5, 0.6) is 0 Å². The van der Waals surface area contributed by atoms with Crippen LogP contribution in [0.4, 0.5) is 30.2 Å². The fourth-order valence-corrected chi connectivity index (χ4v) is 3.95. The van der Waals surface area contributed by atoms with E-state index in [4.69, 9.17) is 4.74 Å². The second-order valence-electron chi connectivity index (χ2n) is 8.16. The average Bonchev–Trinajstić information content (AvgIpc) is 2.76. The van der Waals surface area contributed by atoms with E-state index in [0.717, 1.165) is 18.6 Å². The first-order valence-electron chi connectivity index (χ1n) is 10.2. The molecule has 1 aliphatic heterocycles. The summed E-state index contributed by atoms with van der Waals surface area (Å²) in [6.07, 6.45) is 1.02. The molecule has 0 spiro atoms. The molecule has 8 nitrogen and oxygen atoms in total. The number of piperidine rings is 1. The van der Waals surface area contributed by atoms with Crippen LogP contribution < -0.4 is 10.2 Å². The summed E-state index contributed by atoms with van der Waals surface area (Å²) in [7, 11) is 0. The molecule has 0 aromatic heterocycles. The van der Waals surface area contributed by atoms with E-state index in [-0.39, 0.29) is 11.3 Å². The minimum Gasteiger partial charge on any atom is -0.452 e. The first kappa shape index (κ1) is 24.0. The Kier molecular flexibility index (Phi) is 7.19. The van der Waals surface area contributed by atoms with Crippen molar-refractivity contribution in [3.8, 4) is 0 Å². The number of esters is 1. The summed E-state index contributed by atoms with van der Waals surface area (Å²) in [6.45, 7) is 4.56. The van der Waals surface area contributed by atoms with E-state index in [9.17, 15) is 32.9 Å². The van der Waals surface area contributed by atoms with Crippen LogP contribution in [0.1, 0.15) is 30.6 Å². The van der Waals surface area contributed by atoms with Gasteiger partial charge in [0.25, 0.3) is 11.6 Å². The highest BCUT2D eigenvalue weighted by atomic mass is 19.2. The van der Waals surface area contributed by atoms with Gasteiger partial charge in [-0.2, -0.15) is 0 Å². The third kappa shape index (κ3) is 5.60. The maximum absolute atomic E-state index is 13.6. The summed E-state index contributed by atoms with van der Waals surface area (Å²) >= 11 is 0. The third-order valence-electron chi connectivity index (χ3n) is 5.26. The number of ether oxygens (including phenoxy) is 1. The number of carbonyl (C=O) groups is 2. The molecule has 0 aliphatic carbocycles. The van der Waals surface area contributed by atoms with E-state index in [0.29, 0.717) is 36.7 Å². The Labute approximate surface area is 187 Å². The van der Waals surface area contributed by atoms with Gasteiger partial charge in [-0.15, -0.1) is 0 Å². The molecular formula is C22H22F3N3O5.